The molecule has 0 saturated heterocycles. The fraction of sp³-hybridized carbons (Fsp3) is 0.179. The van der Waals surface area contributed by atoms with Crippen LogP contribution in [0.2, 0.25) is 0 Å². The normalized spacial score (nSPS) is 11.1. The molecule has 0 atom stereocenters. The molecular formula is C28H28N6OS. The molecule has 0 saturated carbocycles. The second-order valence-electron chi connectivity index (χ2n) is 8.54. The SMILES string of the molecule is Cc1ccc(N(c2ccc3nc(Nc4cc(CNCCO)ccn4)sc3n2)c2ccccc2C)cc1. The van der Waals surface area contributed by atoms with Gasteiger partial charge in [-0.25, -0.2) is 15.0 Å². The van der Waals surface area contributed by atoms with Crippen molar-refractivity contribution in [3.05, 3.63) is 95.7 Å². The number of thiazole rings is 1. The van der Waals surface area contributed by atoms with E-state index in [0.29, 0.717) is 13.1 Å². The first-order valence-corrected chi connectivity index (χ1v) is 12.7. The number of nitrogens with one attached hydrogen (secondary N) is 2. The van der Waals surface area contributed by atoms with E-state index < -0.39 is 0 Å². The van der Waals surface area contributed by atoms with E-state index in [1.165, 1.54) is 22.5 Å². The molecule has 0 aliphatic carbocycles. The molecule has 0 aliphatic rings. The fourth-order valence-electron chi connectivity index (χ4n) is 3.96. The van der Waals surface area contributed by atoms with Crippen molar-refractivity contribution in [2.45, 2.75) is 20.4 Å². The highest BCUT2D eigenvalue weighted by Crippen LogP contribution is 2.37. The predicted octanol–water partition coefficient (Wildman–Crippen LogP) is 6.00. The molecule has 0 amide bonds. The Morgan fingerprint density at radius 3 is 2.58 bits per heavy atom. The Labute approximate surface area is 214 Å². The van der Waals surface area contributed by atoms with Gasteiger partial charge in [-0.2, -0.15) is 0 Å². The Balaban J connectivity index is 1.46. The highest BCUT2D eigenvalue weighted by molar-refractivity contribution is 7.21. The summed E-state index contributed by atoms with van der Waals surface area (Å²) in [6.07, 6.45) is 1.77. The highest BCUT2D eigenvalue weighted by Gasteiger charge is 2.17. The smallest absolute Gasteiger partial charge is 0.190 e. The van der Waals surface area contributed by atoms with Gasteiger partial charge in [-0.1, -0.05) is 47.2 Å². The molecule has 0 fully saturated rings. The van der Waals surface area contributed by atoms with Crippen LogP contribution in [0.25, 0.3) is 10.3 Å². The summed E-state index contributed by atoms with van der Waals surface area (Å²) in [5.74, 6) is 1.56. The molecule has 0 spiro atoms. The number of hydrogen-bond donors (Lipinski definition) is 3. The average molecular weight is 497 g/mol. The first kappa shape index (κ1) is 23.9. The molecule has 3 heterocycles. The zero-order valence-corrected chi connectivity index (χ0v) is 21.1. The number of nitrogens with zero attached hydrogens (tertiary/aromatic N) is 4. The minimum Gasteiger partial charge on any atom is -0.395 e. The number of aliphatic hydroxyl groups is 1. The second-order valence-corrected chi connectivity index (χ2v) is 9.52. The monoisotopic (exact) mass is 496 g/mol. The largest absolute Gasteiger partial charge is 0.395 e. The van der Waals surface area contributed by atoms with E-state index in [2.05, 4.69) is 82.9 Å². The Morgan fingerprint density at radius 1 is 0.944 bits per heavy atom. The molecule has 3 aromatic heterocycles. The third-order valence-corrected chi connectivity index (χ3v) is 6.68. The molecule has 7 nitrogen and oxygen atoms in total. The van der Waals surface area contributed by atoms with Crippen molar-refractivity contribution in [2.24, 2.45) is 0 Å². The number of pyridine rings is 2. The number of fused-ring (bicyclic) bond motifs is 1. The number of rotatable bonds is 9. The summed E-state index contributed by atoms with van der Waals surface area (Å²) in [5, 5.41) is 16.2. The quantitative estimate of drug-likeness (QED) is 0.216. The predicted molar refractivity (Wildman–Crippen MR) is 148 cm³/mol. The van der Waals surface area contributed by atoms with Crippen LogP contribution in [0.3, 0.4) is 0 Å². The molecule has 3 N–H and O–H groups in total. The van der Waals surface area contributed by atoms with Gasteiger partial charge in [0, 0.05) is 25.0 Å². The van der Waals surface area contributed by atoms with E-state index in [-0.39, 0.29) is 6.61 Å². The van der Waals surface area contributed by atoms with Crippen molar-refractivity contribution in [3.8, 4) is 0 Å². The Kier molecular flexibility index (Phi) is 7.18. The van der Waals surface area contributed by atoms with E-state index in [4.69, 9.17) is 15.1 Å². The fourth-order valence-corrected chi connectivity index (χ4v) is 4.80. The zero-order chi connectivity index (χ0) is 24.9. The van der Waals surface area contributed by atoms with Crippen molar-refractivity contribution in [3.63, 3.8) is 0 Å². The van der Waals surface area contributed by atoms with Crippen LogP contribution >= 0.6 is 11.3 Å². The lowest BCUT2D eigenvalue weighted by molar-refractivity contribution is 0.292. The molecule has 36 heavy (non-hydrogen) atoms. The summed E-state index contributed by atoms with van der Waals surface area (Å²) < 4.78 is 0. The van der Waals surface area contributed by atoms with Crippen LogP contribution in [0, 0.1) is 13.8 Å². The summed E-state index contributed by atoms with van der Waals surface area (Å²) in [4.78, 5) is 17.2. The summed E-state index contributed by atoms with van der Waals surface area (Å²) in [5.41, 5.74) is 6.44. The number of para-hydroxylation sites is 1. The summed E-state index contributed by atoms with van der Waals surface area (Å²) in [6.45, 7) is 5.54. The standard InChI is InChI=1S/C28H28N6OS/c1-19-7-9-22(10-8-19)34(24-6-4-3-5-20(24)2)26-12-11-23-27(33-26)36-28(31-23)32-25-17-21(13-14-30-25)18-29-15-16-35/h3-14,17,29,35H,15-16,18H2,1-2H3,(H,30,31,32). The number of aryl methyl sites for hydroxylation is 2. The van der Waals surface area contributed by atoms with Crippen LogP contribution in [0.15, 0.2) is 79.0 Å². The first-order valence-electron chi connectivity index (χ1n) is 11.8. The molecule has 0 radical (unpaired) electrons. The van der Waals surface area contributed by atoms with Crippen molar-refractivity contribution < 1.29 is 5.11 Å². The van der Waals surface area contributed by atoms with E-state index in [9.17, 15) is 0 Å². The van der Waals surface area contributed by atoms with Gasteiger partial charge in [0.25, 0.3) is 0 Å². The number of anilines is 5. The topological polar surface area (TPSA) is 86.2 Å². The number of aromatic nitrogens is 3. The average Bonchev–Trinajstić information content (AvgIpc) is 3.28. The van der Waals surface area contributed by atoms with Crippen LogP contribution in [0.1, 0.15) is 16.7 Å². The van der Waals surface area contributed by atoms with Crippen LogP contribution < -0.4 is 15.5 Å². The van der Waals surface area contributed by atoms with Crippen molar-refractivity contribution in [2.75, 3.05) is 23.4 Å². The minimum absolute atomic E-state index is 0.113. The highest BCUT2D eigenvalue weighted by atomic mass is 32.1. The third-order valence-electron chi connectivity index (χ3n) is 5.80. The third kappa shape index (κ3) is 5.36. The van der Waals surface area contributed by atoms with Gasteiger partial charge in [0.2, 0.25) is 0 Å². The zero-order valence-electron chi connectivity index (χ0n) is 20.3. The minimum atomic E-state index is 0.113. The summed E-state index contributed by atoms with van der Waals surface area (Å²) in [6, 6.07) is 24.8. The molecule has 5 rings (SSSR count). The molecule has 0 unspecified atom stereocenters. The van der Waals surface area contributed by atoms with Gasteiger partial charge in [0.1, 0.15) is 22.0 Å². The lowest BCUT2D eigenvalue weighted by Crippen LogP contribution is -2.17. The van der Waals surface area contributed by atoms with Gasteiger partial charge in [-0.05, 0) is 67.4 Å². The first-order chi connectivity index (χ1) is 17.6. The maximum absolute atomic E-state index is 8.97. The van der Waals surface area contributed by atoms with Gasteiger partial charge >= 0.3 is 0 Å². The number of benzene rings is 2. The van der Waals surface area contributed by atoms with Crippen molar-refractivity contribution in [1.29, 1.82) is 0 Å². The van der Waals surface area contributed by atoms with Crippen LogP contribution in [-0.2, 0) is 6.54 Å². The molecule has 0 bridgehead atoms. The summed E-state index contributed by atoms with van der Waals surface area (Å²) in [7, 11) is 0. The maximum Gasteiger partial charge on any atom is 0.190 e. The van der Waals surface area contributed by atoms with Gasteiger partial charge in [-0.3, -0.25) is 4.90 Å². The Morgan fingerprint density at radius 2 is 1.78 bits per heavy atom. The Bertz CT molecular complexity index is 1470. The second kappa shape index (κ2) is 10.8. The molecule has 2 aromatic carbocycles. The number of hydrogen-bond acceptors (Lipinski definition) is 8. The van der Waals surface area contributed by atoms with Gasteiger partial charge in [0.15, 0.2) is 5.13 Å². The van der Waals surface area contributed by atoms with E-state index in [1.807, 2.05) is 24.3 Å². The lowest BCUT2D eigenvalue weighted by Gasteiger charge is -2.25. The number of aliphatic hydroxyl groups excluding tert-OH is 1. The van der Waals surface area contributed by atoms with Crippen molar-refractivity contribution >= 4 is 49.8 Å². The van der Waals surface area contributed by atoms with Crippen molar-refractivity contribution in [1.82, 2.24) is 20.3 Å². The van der Waals surface area contributed by atoms with Gasteiger partial charge in [-0.15, -0.1) is 0 Å². The van der Waals surface area contributed by atoms with E-state index in [1.54, 1.807) is 6.20 Å². The van der Waals surface area contributed by atoms with E-state index in [0.717, 1.165) is 44.1 Å². The summed E-state index contributed by atoms with van der Waals surface area (Å²) >= 11 is 1.50. The molecular weight excluding hydrogens is 468 g/mol. The van der Waals surface area contributed by atoms with Gasteiger partial charge in [0.05, 0.1) is 12.3 Å². The van der Waals surface area contributed by atoms with Gasteiger partial charge < -0.3 is 15.7 Å². The molecule has 5 aromatic rings. The van der Waals surface area contributed by atoms with Crippen LogP contribution in [0.5, 0.6) is 0 Å². The Hall–Kier alpha value is -3.85. The molecule has 0 aliphatic heterocycles. The molecule has 8 heteroatoms. The molecule has 182 valence electrons. The lowest BCUT2D eigenvalue weighted by atomic mass is 10.1. The maximum atomic E-state index is 8.97. The van der Waals surface area contributed by atoms with E-state index >= 15 is 0 Å². The van der Waals surface area contributed by atoms with Crippen LogP contribution in [-0.4, -0.2) is 33.2 Å². The van der Waals surface area contributed by atoms with Crippen LogP contribution in [0.4, 0.5) is 28.1 Å².